The van der Waals surface area contributed by atoms with Crippen LogP contribution in [-0.2, 0) is 19.0 Å². The molecule has 1 N–H and O–H groups in total. The molecule has 0 radical (unpaired) electrons. The quantitative estimate of drug-likeness (QED) is 0.830. The van der Waals surface area contributed by atoms with Crippen molar-refractivity contribution < 1.29 is 13.2 Å². The third kappa shape index (κ3) is 2.77. The van der Waals surface area contributed by atoms with Crippen LogP contribution in [0.4, 0.5) is 13.2 Å². The van der Waals surface area contributed by atoms with Gasteiger partial charge >= 0.3 is 6.18 Å². The van der Waals surface area contributed by atoms with E-state index in [9.17, 15) is 13.2 Å². The second kappa shape index (κ2) is 4.78. The van der Waals surface area contributed by atoms with Crippen LogP contribution in [-0.4, -0.2) is 12.6 Å². The molecule has 0 bridgehead atoms. The second-order valence-corrected chi connectivity index (χ2v) is 5.50. The van der Waals surface area contributed by atoms with Gasteiger partial charge in [-0.1, -0.05) is 0 Å². The van der Waals surface area contributed by atoms with Crippen LogP contribution in [0.3, 0.4) is 0 Å². The Balaban J connectivity index is 0.00000144. The monoisotopic (exact) mass is 285 g/mol. The van der Waals surface area contributed by atoms with Crippen LogP contribution in [0.15, 0.2) is 5.38 Å². The highest BCUT2D eigenvalue weighted by atomic mass is 35.5. The van der Waals surface area contributed by atoms with Crippen LogP contribution >= 0.6 is 23.7 Å². The molecule has 1 aromatic heterocycles. The summed E-state index contributed by atoms with van der Waals surface area (Å²) in [4.78, 5) is 0.885. The van der Waals surface area contributed by atoms with Gasteiger partial charge in [0.25, 0.3) is 0 Å². The molecule has 0 aromatic carbocycles. The molecule has 98 valence electrons. The van der Waals surface area contributed by atoms with Gasteiger partial charge in [-0.3, -0.25) is 0 Å². The average Bonchev–Trinajstić information content (AvgIpc) is 2.59. The topological polar surface area (TPSA) is 12.0 Å². The normalized spacial score (nSPS) is 24.1. The predicted molar refractivity (Wildman–Crippen MR) is 66.1 cm³/mol. The third-order valence-electron chi connectivity index (χ3n) is 3.37. The molecule has 0 spiro atoms. The van der Waals surface area contributed by atoms with E-state index in [-0.39, 0.29) is 17.9 Å². The van der Waals surface area contributed by atoms with E-state index in [1.165, 1.54) is 16.7 Å². The maximum atomic E-state index is 12.7. The molecule has 0 amide bonds. The summed E-state index contributed by atoms with van der Waals surface area (Å²) >= 11 is 1.24. The van der Waals surface area contributed by atoms with Crippen molar-refractivity contribution in [3.05, 3.63) is 21.4 Å². The van der Waals surface area contributed by atoms with E-state index < -0.39 is 11.7 Å². The van der Waals surface area contributed by atoms with E-state index in [1.54, 1.807) is 0 Å². The van der Waals surface area contributed by atoms with Crippen molar-refractivity contribution in [1.29, 1.82) is 0 Å². The smallest absolute Gasteiger partial charge is 0.314 e. The van der Waals surface area contributed by atoms with Gasteiger partial charge in [0, 0.05) is 15.8 Å². The largest absolute Gasteiger partial charge is 0.417 e. The summed E-state index contributed by atoms with van der Waals surface area (Å²) in [6, 6.07) is 0. The van der Waals surface area contributed by atoms with Gasteiger partial charge in [-0.2, -0.15) is 13.2 Å². The number of halogens is 4. The molecule has 0 aliphatic heterocycles. The molecule has 1 nitrogen and oxygen atoms in total. The standard InChI is InChI=1S/C11H14F3NS.ClH/c1-10(15-2)4-3-7-8(11(12,13)14)6-16-9(7)5-10;/h6,15H,3-5H2,1-2H3;1H/t10-;/m1./s1. The number of alkyl halides is 3. The first-order chi connectivity index (χ1) is 7.36. The van der Waals surface area contributed by atoms with Crippen molar-refractivity contribution in [2.45, 2.75) is 37.9 Å². The molecule has 1 heterocycles. The van der Waals surface area contributed by atoms with Gasteiger partial charge in [0.15, 0.2) is 0 Å². The zero-order valence-electron chi connectivity index (χ0n) is 9.65. The van der Waals surface area contributed by atoms with E-state index in [1.807, 2.05) is 7.05 Å². The third-order valence-corrected chi connectivity index (χ3v) is 4.40. The van der Waals surface area contributed by atoms with Crippen LogP contribution in [0.1, 0.15) is 29.3 Å². The van der Waals surface area contributed by atoms with E-state index in [0.717, 1.165) is 11.3 Å². The summed E-state index contributed by atoms with van der Waals surface area (Å²) in [5.41, 5.74) is 0.0386. The number of thiophene rings is 1. The van der Waals surface area contributed by atoms with Crippen LogP contribution in [0.5, 0.6) is 0 Å². The average molecular weight is 286 g/mol. The first-order valence-corrected chi connectivity index (χ1v) is 6.09. The van der Waals surface area contributed by atoms with Gasteiger partial charge < -0.3 is 5.32 Å². The lowest BCUT2D eigenvalue weighted by atomic mass is 9.82. The molecular formula is C11H15ClF3NS. The molecule has 1 atom stereocenters. The van der Waals surface area contributed by atoms with Crippen molar-refractivity contribution in [3.8, 4) is 0 Å². The number of rotatable bonds is 1. The summed E-state index contributed by atoms with van der Waals surface area (Å²) in [6.07, 6.45) is -2.22. The highest BCUT2D eigenvalue weighted by molar-refractivity contribution is 7.10. The van der Waals surface area contributed by atoms with Gasteiger partial charge in [0.05, 0.1) is 5.56 Å². The van der Waals surface area contributed by atoms with Crippen molar-refractivity contribution >= 4 is 23.7 Å². The molecule has 0 fully saturated rings. The number of likely N-dealkylation sites (N-methyl/N-ethyl adjacent to an activating group) is 1. The van der Waals surface area contributed by atoms with Gasteiger partial charge in [0.1, 0.15) is 0 Å². The van der Waals surface area contributed by atoms with E-state index >= 15 is 0 Å². The Bertz CT molecular complexity index is 402. The Hall–Kier alpha value is -0.260. The Morgan fingerprint density at radius 1 is 1.41 bits per heavy atom. The van der Waals surface area contributed by atoms with Crippen molar-refractivity contribution in [2.24, 2.45) is 0 Å². The van der Waals surface area contributed by atoms with Crippen molar-refractivity contribution in [1.82, 2.24) is 5.32 Å². The fraction of sp³-hybridized carbons (Fsp3) is 0.636. The van der Waals surface area contributed by atoms with Crippen LogP contribution < -0.4 is 5.32 Å². The SMILES string of the molecule is CN[C@]1(C)CCc2c(C(F)(F)F)csc2C1.Cl. The Kier molecular flexibility index (Phi) is 4.16. The first-order valence-electron chi connectivity index (χ1n) is 5.21. The first kappa shape index (κ1) is 14.8. The molecule has 6 heteroatoms. The van der Waals surface area contributed by atoms with E-state index in [4.69, 9.17) is 0 Å². The van der Waals surface area contributed by atoms with Crippen LogP contribution in [0, 0.1) is 0 Å². The predicted octanol–water partition coefficient (Wildman–Crippen LogP) is 3.66. The zero-order valence-corrected chi connectivity index (χ0v) is 11.3. The molecular weight excluding hydrogens is 271 g/mol. The van der Waals surface area contributed by atoms with Gasteiger partial charge in [-0.25, -0.2) is 0 Å². The van der Waals surface area contributed by atoms with Crippen molar-refractivity contribution in [2.75, 3.05) is 7.05 Å². The summed E-state index contributed by atoms with van der Waals surface area (Å²) in [6.45, 7) is 2.06. The Labute approximate surface area is 109 Å². The van der Waals surface area contributed by atoms with E-state index in [0.29, 0.717) is 18.4 Å². The van der Waals surface area contributed by atoms with Gasteiger partial charge in [-0.05, 0) is 38.8 Å². The minimum absolute atomic E-state index is 0. The van der Waals surface area contributed by atoms with Gasteiger partial charge in [0.2, 0.25) is 0 Å². The number of nitrogens with one attached hydrogen (secondary N) is 1. The highest BCUT2D eigenvalue weighted by Crippen LogP contribution is 2.41. The maximum Gasteiger partial charge on any atom is 0.417 e. The zero-order chi connectivity index (χ0) is 12.0. The Morgan fingerprint density at radius 3 is 2.59 bits per heavy atom. The molecule has 0 saturated carbocycles. The summed E-state index contributed by atoms with van der Waals surface area (Å²) < 4.78 is 38.0. The van der Waals surface area contributed by atoms with E-state index in [2.05, 4.69) is 12.2 Å². The second-order valence-electron chi connectivity index (χ2n) is 4.54. The molecule has 0 saturated heterocycles. The number of hydrogen-bond acceptors (Lipinski definition) is 2. The molecule has 2 rings (SSSR count). The summed E-state index contributed by atoms with van der Waals surface area (Å²) in [5, 5.41) is 4.45. The maximum absolute atomic E-state index is 12.7. The lowest BCUT2D eigenvalue weighted by Crippen LogP contribution is -2.44. The number of hydrogen-bond donors (Lipinski definition) is 1. The number of fused-ring (bicyclic) bond motifs is 1. The van der Waals surface area contributed by atoms with Crippen LogP contribution in [0.25, 0.3) is 0 Å². The molecule has 1 aromatic rings. The lowest BCUT2D eigenvalue weighted by molar-refractivity contribution is -0.138. The molecule has 1 aliphatic carbocycles. The van der Waals surface area contributed by atoms with Crippen LogP contribution in [0.2, 0.25) is 0 Å². The van der Waals surface area contributed by atoms with Crippen molar-refractivity contribution in [3.63, 3.8) is 0 Å². The molecule has 17 heavy (non-hydrogen) atoms. The fourth-order valence-corrected chi connectivity index (χ4v) is 3.43. The minimum Gasteiger partial charge on any atom is -0.314 e. The summed E-state index contributed by atoms with van der Waals surface area (Å²) in [7, 11) is 1.86. The molecule has 0 unspecified atom stereocenters. The summed E-state index contributed by atoms with van der Waals surface area (Å²) in [5.74, 6) is 0. The van der Waals surface area contributed by atoms with Gasteiger partial charge in [-0.15, -0.1) is 23.7 Å². The fourth-order valence-electron chi connectivity index (χ4n) is 2.14. The molecule has 1 aliphatic rings. The minimum atomic E-state index is -4.20. The highest BCUT2D eigenvalue weighted by Gasteiger charge is 2.39. The Morgan fingerprint density at radius 2 is 2.06 bits per heavy atom. The lowest BCUT2D eigenvalue weighted by Gasteiger charge is -2.33.